The second-order valence-corrected chi connectivity index (χ2v) is 4.57. The van der Waals surface area contributed by atoms with Crippen molar-refractivity contribution in [1.82, 2.24) is 0 Å². The van der Waals surface area contributed by atoms with E-state index in [2.05, 4.69) is 6.07 Å². The first-order valence-corrected chi connectivity index (χ1v) is 6.15. The maximum Gasteiger partial charge on any atom is 0.128 e. The Bertz CT molecular complexity index is 522. The Labute approximate surface area is 107 Å². The van der Waals surface area contributed by atoms with E-state index in [1.165, 1.54) is 17.2 Å². The second kappa shape index (κ2) is 5.78. The molecule has 0 aromatic heterocycles. The van der Waals surface area contributed by atoms with Gasteiger partial charge in [0.15, 0.2) is 0 Å². The summed E-state index contributed by atoms with van der Waals surface area (Å²) in [6.45, 7) is 2.04. The van der Waals surface area contributed by atoms with Crippen molar-refractivity contribution in [3.05, 3.63) is 71.0 Å². The van der Waals surface area contributed by atoms with E-state index in [1.54, 1.807) is 18.2 Å². The summed E-state index contributed by atoms with van der Waals surface area (Å²) >= 11 is 0. The van der Waals surface area contributed by atoms with Crippen LogP contribution in [-0.2, 0) is 6.42 Å². The number of halogens is 1. The van der Waals surface area contributed by atoms with Gasteiger partial charge < -0.3 is 5.11 Å². The van der Waals surface area contributed by atoms with Gasteiger partial charge in [0.25, 0.3) is 0 Å². The Kier molecular flexibility index (Phi) is 4.11. The number of rotatable bonds is 4. The summed E-state index contributed by atoms with van der Waals surface area (Å²) in [5.74, 6) is -0.339. The van der Waals surface area contributed by atoms with Gasteiger partial charge in [0, 0.05) is 5.56 Å². The molecule has 0 aliphatic carbocycles. The van der Waals surface area contributed by atoms with Gasteiger partial charge in [0.1, 0.15) is 5.82 Å². The van der Waals surface area contributed by atoms with E-state index in [-0.39, 0.29) is 5.82 Å². The van der Waals surface area contributed by atoms with E-state index < -0.39 is 6.10 Å². The highest BCUT2D eigenvalue weighted by molar-refractivity contribution is 5.23. The van der Waals surface area contributed by atoms with Crippen LogP contribution in [0.15, 0.2) is 48.5 Å². The molecule has 0 radical (unpaired) electrons. The molecular formula is C16H17FO. The average molecular weight is 244 g/mol. The van der Waals surface area contributed by atoms with E-state index in [4.69, 9.17) is 0 Å². The van der Waals surface area contributed by atoms with Crippen LogP contribution in [0.3, 0.4) is 0 Å². The van der Waals surface area contributed by atoms with Crippen molar-refractivity contribution in [2.24, 2.45) is 0 Å². The topological polar surface area (TPSA) is 20.2 Å². The first-order valence-electron chi connectivity index (χ1n) is 6.15. The van der Waals surface area contributed by atoms with Crippen molar-refractivity contribution in [3.8, 4) is 0 Å². The molecule has 1 unspecified atom stereocenters. The zero-order valence-corrected chi connectivity index (χ0v) is 10.4. The van der Waals surface area contributed by atoms with Crippen LogP contribution in [0.1, 0.15) is 29.2 Å². The minimum absolute atomic E-state index is 0.339. The zero-order chi connectivity index (χ0) is 13.0. The molecular weight excluding hydrogens is 227 g/mol. The first kappa shape index (κ1) is 12.8. The number of aryl methyl sites for hydroxylation is 2. The molecule has 2 aromatic rings. The molecule has 1 nitrogen and oxygen atoms in total. The normalized spacial score (nSPS) is 12.4. The molecule has 94 valence electrons. The third-order valence-electron chi connectivity index (χ3n) is 3.05. The van der Waals surface area contributed by atoms with Crippen LogP contribution in [-0.4, -0.2) is 5.11 Å². The van der Waals surface area contributed by atoms with Crippen LogP contribution in [0.25, 0.3) is 0 Å². The summed E-state index contributed by atoms with van der Waals surface area (Å²) in [5, 5.41) is 9.99. The molecule has 0 saturated carbocycles. The molecule has 0 aliphatic rings. The maximum absolute atomic E-state index is 13.5. The van der Waals surface area contributed by atoms with Crippen LogP contribution in [0.2, 0.25) is 0 Å². The zero-order valence-electron chi connectivity index (χ0n) is 10.4. The first-order chi connectivity index (χ1) is 8.66. The molecule has 2 rings (SSSR count). The van der Waals surface area contributed by atoms with Crippen LogP contribution in [0.4, 0.5) is 4.39 Å². The minimum atomic E-state index is -0.744. The van der Waals surface area contributed by atoms with Gasteiger partial charge in [0.05, 0.1) is 6.10 Å². The van der Waals surface area contributed by atoms with E-state index in [0.717, 1.165) is 6.42 Å². The largest absolute Gasteiger partial charge is 0.388 e. The van der Waals surface area contributed by atoms with E-state index in [9.17, 15) is 9.50 Å². The van der Waals surface area contributed by atoms with Gasteiger partial charge in [-0.15, -0.1) is 0 Å². The summed E-state index contributed by atoms with van der Waals surface area (Å²) in [6, 6.07) is 14.5. The fraction of sp³-hybridized carbons (Fsp3) is 0.250. The fourth-order valence-corrected chi connectivity index (χ4v) is 2.07. The molecule has 0 bridgehead atoms. The average Bonchev–Trinajstić information content (AvgIpc) is 2.37. The Balaban J connectivity index is 2.00. The molecule has 2 heteroatoms. The molecule has 0 heterocycles. The number of aliphatic hydroxyl groups excluding tert-OH is 1. The third kappa shape index (κ3) is 3.17. The highest BCUT2D eigenvalue weighted by atomic mass is 19.1. The Hall–Kier alpha value is -1.67. The van der Waals surface area contributed by atoms with Crippen LogP contribution < -0.4 is 0 Å². The Morgan fingerprint density at radius 2 is 1.89 bits per heavy atom. The summed E-state index contributed by atoms with van der Waals surface area (Å²) in [6.07, 6.45) is 0.536. The second-order valence-electron chi connectivity index (χ2n) is 4.57. The lowest BCUT2D eigenvalue weighted by Crippen LogP contribution is -2.02. The van der Waals surface area contributed by atoms with Gasteiger partial charge >= 0.3 is 0 Å². The van der Waals surface area contributed by atoms with Crippen molar-refractivity contribution < 1.29 is 9.50 Å². The number of benzene rings is 2. The molecule has 18 heavy (non-hydrogen) atoms. The molecule has 0 fully saturated rings. The van der Waals surface area contributed by atoms with Gasteiger partial charge in [0.2, 0.25) is 0 Å². The molecule has 0 spiro atoms. The van der Waals surface area contributed by atoms with E-state index in [0.29, 0.717) is 12.0 Å². The quantitative estimate of drug-likeness (QED) is 0.867. The van der Waals surface area contributed by atoms with E-state index in [1.807, 2.05) is 25.1 Å². The molecule has 0 aliphatic heterocycles. The fourth-order valence-electron chi connectivity index (χ4n) is 2.07. The molecule has 0 amide bonds. The lowest BCUT2D eigenvalue weighted by Gasteiger charge is -2.12. The molecule has 1 N–H and O–H groups in total. The number of hydrogen-bond acceptors (Lipinski definition) is 1. The van der Waals surface area contributed by atoms with Crippen molar-refractivity contribution in [1.29, 1.82) is 0 Å². The third-order valence-corrected chi connectivity index (χ3v) is 3.05. The maximum atomic E-state index is 13.5. The number of aliphatic hydroxyl groups is 1. The summed E-state index contributed by atoms with van der Waals surface area (Å²) in [4.78, 5) is 0. The van der Waals surface area contributed by atoms with Crippen LogP contribution >= 0.6 is 0 Å². The Morgan fingerprint density at radius 1 is 1.11 bits per heavy atom. The van der Waals surface area contributed by atoms with E-state index >= 15 is 0 Å². The van der Waals surface area contributed by atoms with Crippen molar-refractivity contribution in [2.45, 2.75) is 25.9 Å². The SMILES string of the molecule is Cc1cccc(CCC(O)c2ccccc2F)c1. The van der Waals surface area contributed by atoms with Gasteiger partial charge in [-0.2, -0.15) is 0 Å². The lowest BCUT2D eigenvalue weighted by atomic mass is 10.00. The molecule has 0 saturated heterocycles. The highest BCUT2D eigenvalue weighted by Gasteiger charge is 2.11. The van der Waals surface area contributed by atoms with Crippen molar-refractivity contribution >= 4 is 0 Å². The van der Waals surface area contributed by atoms with Gasteiger partial charge in [-0.25, -0.2) is 4.39 Å². The monoisotopic (exact) mass is 244 g/mol. The molecule has 1 atom stereocenters. The van der Waals surface area contributed by atoms with Gasteiger partial charge in [-0.3, -0.25) is 0 Å². The number of hydrogen-bond donors (Lipinski definition) is 1. The van der Waals surface area contributed by atoms with Crippen LogP contribution in [0.5, 0.6) is 0 Å². The minimum Gasteiger partial charge on any atom is -0.388 e. The smallest absolute Gasteiger partial charge is 0.128 e. The summed E-state index contributed by atoms with van der Waals surface area (Å²) in [5.41, 5.74) is 2.75. The predicted octanol–water partition coefficient (Wildman–Crippen LogP) is 3.80. The Morgan fingerprint density at radius 3 is 2.61 bits per heavy atom. The van der Waals surface area contributed by atoms with Crippen molar-refractivity contribution in [2.75, 3.05) is 0 Å². The summed E-state index contributed by atoms with van der Waals surface area (Å²) in [7, 11) is 0. The standard InChI is InChI=1S/C16H17FO/c1-12-5-4-6-13(11-12)9-10-16(18)14-7-2-3-8-15(14)17/h2-8,11,16,18H,9-10H2,1H3. The van der Waals surface area contributed by atoms with Crippen molar-refractivity contribution in [3.63, 3.8) is 0 Å². The van der Waals surface area contributed by atoms with Crippen LogP contribution in [0, 0.1) is 12.7 Å². The highest BCUT2D eigenvalue weighted by Crippen LogP contribution is 2.21. The van der Waals surface area contributed by atoms with Gasteiger partial charge in [-0.05, 0) is 31.4 Å². The predicted molar refractivity (Wildman–Crippen MR) is 70.9 cm³/mol. The summed E-state index contributed by atoms with van der Waals surface area (Å²) < 4.78 is 13.5. The lowest BCUT2D eigenvalue weighted by molar-refractivity contribution is 0.163. The molecule has 2 aromatic carbocycles. The van der Waals surface area contributed by atoms with Gasteiger partial charge in [-0.1, -0.05) is 48.0 Å².